The number of urea groups is 1. The highest BCUT2D eigenvalue weighted by Crippen LogP contribution is 2.25. The lowest BCUT2D eigenvalue weighted by molar-refractivity contribution is 0.177. The molecule has 4 rings (SSSR count). The lowest BCUT2D eigenvalue weighted by atomic mass is 10.0. The SMILES string of the molecule is O=C(NC[C@H](c1ccco1)N1CCCC1)N1CCc2ccccc2C1. The van der Waals surface area contributed by atoms with Gasteiger partial charge in [-0.1, -0.05) is 24.3 Å². The number of furan rings is 1. The second kappa shape index (κ2) is 7.31. The van der Waals surface area contributed by atoms with Gasteiger partial charge in [0.15, 0.2) is 0 Å². The lowest BCUT2D eigenvalue weighted by Gasteiger charge is -2.31. The van der Waals surface area contributed by atoms with E-state index < -0.39 is 0 Å². The molecule has 1 aromatic heterocycles. The normalized spacial score (nSPS) is 18.8. The van der Waals surface area contributed by atoms with Crippen LogP contribution in [0.25, 0.3) is 0 Å². The molecule has 25 heavy (non-hydrogen) atoms. The van der Waals surface area contributed by atoms with Crippen molar-refractivity contribution in [2.75, 3.05) is 26.2 Å². The Balaban J connectivity index is 1.38. The van der Waals surface area contributed by atoms with Gasteiger partial charge in [0, 0.05) is 19.6 Å². The van der Waals surface area contributed by atoms with Crippen LogP contribution in [0.4, 0.5) is 4.79 Å². The molecule has 0 aliphatic carbocycles. The van der Waals surface area contributed by atoms with E-state index >= 15 is 0 Å². The van der Waals surface area contributed by atoms with Crippen molar-refractivity contribution in [1.82, 2.24) is 15.1 Å². The summed E-state index contributed by atoms with van der Waals surface area (Å²) in [5.41, 5.74) is 2.61. The summed E-state index contributed by atoms with van der Waals surface area (Å²) in [5.74, 6) is 0.936. The first-order valence-corrected chi connectivity index (χ1v) is 9.18. The topological polar surface area (TPSA) is 48.7 Å². The molecular formula is C20H25N3O2. The molecule has 0 bridgehead atoms. The molecule has 2 aromatic rings. The minimum atomic E-state index is 0.0188. The van der Waals surface area contributed by atoms with Crippen molar-refractivity contribution in [3.05, 3.63) is 59.5 Å². The number of nitrogens with zero attached hydrogens (tertiary/aromatic N) is 2. The minimum absolute atomic E-state index is 0.0188. The Morgan fingerprint density at radius 3 is 2.64 bits per heavy atom. The summed E-state index contributed by atoms with van der Waals surface area (Å²) in [6.07, 6.45) is 5.07. The van der Waals surface area contributed by atoms with Crippen molar-refractivity contribution in [2.45, 2.75) is 31.8 Å². The molecule has 2 aliphatic heterocycles. The van der Waals surface area contributed by atoms with E-state index in [9.17, 15) is 4.79 Å². The van der Waals surface area contributed by atoms with Crippen LogP contribution in [-0.4, -0.2) is 42.0 Å². The van der Waals surface area contributed by atoms with Gasteiger partial charge in [-0.3, -0.25) is 4.90 Å². The molecule has 1 aromatic carbocycles. The van der Waals surface area contributed by atoms with Crippen LogP contribution in [0.5, 0.6) is 0 Å². The van der Waals surface area contributed by atoms with E-state index in [0.717, 1.165) is 31.8 Å². The largest absolute Gasteiger partial charge is 0.468 e. The van der Waals surface area contributed by atoms with E-state index in [1.54, 1.807) is 6.26 Å². The highest BCUT2D eigenvalue weighted by molar-refractivity contribution is 5.74. The quantitative estimate of drug-likeness (QED) is 0.931. The fourth-order valence-corrected chi connectivity index (χ4v) is 3.91. The number of carbonyl (C=O) groups excluding carboxylic acids is 1. The van der Waals surface area contributed by atoms with Crippen molar-refractivity contribution >= 4 is 6.03 Å². The maximum Gasteiger partial charge on any atom is 0.317 e. The highest BCUT2D eigenvalue weighted by atomic mass is 16.3. The fourth-order valence-electron chi connectivity index (χ4n) is 3.91. The molecule has 1 fully saturated rings. The van der Waals surface area contributed by atoms with Crippen molar-refractivity contribution in [1.29, 1.82) is 0 Å². The molecule has 2 amide bonds. The zero-order valence-corrected chi connectivity index (χ0v) is 14.5. The number of carbonyl (C=O) groups is 1. The third-order valence-corrected chi connectivity index (χ3v) is 5.32. The summed E-state index contributed by atoms with van der Waals surface area (Å²) in [7, 11) is 0. The average molecular weight is 339 g/mol. The minimum Gasteiger partial charge on any atom is -0.468 e. The molecule has 2 aliphatic rings. The van der Waals surface area contributed by atoms with Gasteiger partial charge in [0.05, 0.1) is 12.3 Å². The van der Waals surface area contributed by atoms with Crippen molar-refractivity contribution in [3.63, 3.8) is 0 Å². The lowest BCUT2D eigenvalue weighted by Crippen LogP contribution is -2.45. The van der Waals surface area contributed by atoms with Gasteiger partial charge < -0.3 is 14.6 Å². The first kappa shape index (κ1) is 16.2. The number of fused-ring (bicyclic) bond motifs is 1. The third kappa shape index (κ3) is 3.56. The number of nitrogens with one attached hydrogen (secondary N) is 1. The van der Waals surface area contributed by atoms with E-state index in [1.807, 2.05) is 23.1 Å². The smallest absolute Gasteiger partial charge is 0.317 e. The number of hydrogen-bond acceptors (Lipinski definition) is 3. The van der Waals surface area contributed by atoms with Crippen LogP contribution in [0.2, 0.25) is 0 Å². The zero-order chi connectivity index (χ0) is 17.1. The van der Waals surface area contributed by atoms with E-state index in [1.165, 1.54) is 24.0 Å². The van der Waals surface area contributed by atoms with Gasteiger partial charge in [-0.2, -0.15) is 0 Å². The van der Waals surface area contributed by atoms with Crippen LogP contribution in [0.15, 0.2) is 47.1 Å². The number of amides is 2. The van der Waals surface area contributed by atoms with Crippen LogP contribution in [0.1, 0.15) is 35.8 Å². The summed E-state index contributed by atoms with van der Waals surface area (Å²) >= 11 is 0. The van der Waals surface area contributed by atoms with E-state index in [0.29, 0.717) is 13.1 Å². The van der Waals surface area contributed by atoms with E-state index in [4.69, 9.17) is 4.42 Å². The first-order valence-electron chi connectivity index (χ1n) is 9.18. The van der Waals surface area contributed by atoms with Crippen molar-refractivity contribution in [2.24, 2.45) is 0 Å². The molecule has 0 radical (unpaired) electrons. The van der Waals surface area contributed by atoms with E-state index in [2.05, 4.69) is 28.4 Å². The molecule has 1 saturated heterocycles. The van der Waals surface area contributed by atoms with Crippen LogP contribution in [0, 0.1) is 0 Å². The highest BCUT2D eigenvalue weighted by Gasteiger charge is 2.27. The number of rotatable bonds is 4. The Bertz CT molecular complexity index is 707. The molecule has 0 saturated carbocycles. The maximum atomic E-state index is 12.7. The van der Waals surface area contributed by atoms with Crippen LogP contribution >= 0.6 is 0 Å². The summed E-state index contributed by atoms with van der Waals surface area (Å²) < 4.78 is 5.63. The number of likely N-dealkylation sites (tertiary alicyclic amines) is 1. The molecule has 132 valence electrons. The van der Waals surface area contributed by atoms with E-state index in [-0.39, 0.29) is 12.1 Å². The standard InChI is InChI=1S/C20H25N3O2/c24-20(23-12-9-16-6-1-2-7-17(16)15-23)21-14-18(19-8-5-13-25-19)22-10-3-4-11-22/h1-2,5-8,13,18H,3-4,9-12,14-15H2,(H,21,24)/t18-/m1/s1. The Morgan fingerprint density at radius 2 is 1.88 bits per heavy atom. The third-order valence-electron chi connectivity index (χ3n) is 5.32. The number of hydrogen-bond donors (Lipinski definition) is 1. The summed E-state index contributed by atoms with van der Waals surface area (Å²) in [6.45, 7) is 4.19. The second-order valence-corrected chi connectivity index (χ2v) is 6.90. The van der Waals surface area contributed by atoms with Gasteiger partial charge in [0.1, 0.15) is 5.76 Å². The molecule has 1 N–H and O–H groups in total. The Hall–Kier alpha value is -2.27. The van der Waals surface area contributed by atoms with Crippen LogP contribution in [-0.2, 0) is 13.0 Å². The average Bonchev–Trinajstić information content (AvgIpc) is 3.36. The first-order chi connectivity index (χ1) is 12.3. The molecule has 0 spiro atoms. The van der Waals surface area contributed by atoms with Crippen LogP contribution < -0.4 is 5.32 Å². The molecule has 5 nitrogen and oxygen atoms in total. The van der Waals surface area contributed by atoms with Gasteiger partial charge >= 0.3 is 6.03 Å². The number of benzene rings is 1. The molecule has 0 unspecified atom stereocenters. The summed E-state index contributed by atoms with van der Waals surface area (Å²) in [5, 5.41) is 3.13. The molecule has 3 heterocycles. The predicted molar refractivity (Wildman–Crippen MR) is 96.2 cm³/mol. The van der Waals surface area contributed by atoms with Crippen molar-refractivity contribution < 1.29 is 9.21 Å². The predicted octanol–water partition coefficient (Wildman–Crippen LogP) is 3.18. The molecule has 1 atom stereocenters. The Labute approximate surface area is 148 Å². The Morgan fingerprint density at radius 1 is 1.08 bits per heavy atom. The molecular weight excluding hydrogens is 314 g/mol. The molecule has 5 heteroatoms. The van der Waals surface area contributed by atoms with Gasteiger partial charge in [-0.15, -0.1) is 0 Å². The van der Waals surface area contributed by atoms with Gasteiger partial charge in [0.25, 0.3) is 0 Å². The monoisotopic (exact) mass is 339 g/mol. The maximum absolute atomic E-state index is 12.7. The second-order valence-electron chi connectivity index (χ2n) is 6.90. The van der Waals surface area contributed by atoms with Crippen molar-refractivity contribution in [3.8, 4) is 0 Å². The van der Waals surface area contributed by atoms with Gasteiger partial charge in [-0.05, 0) is 55.6 Å². The zero-order valence-electron chi connectivity index (χ0n) is 14.5. The van der Waals surface area contributed by atoms with Gasteiger partial charge in [-0.25, -0.2) is 4.79 Å². The fraction of sp³-hybridized carbons (Fsp3) is 0.450. The Kier molecular flexibility index (Phi) is 4.74. The van der Waals surface area contributed by atoms with Gasteiger partial charge in [0.2, 0.25) is 0 Å². The van der Waals surface area contributed by atoms with Crippen LogP contribution in [0.3, 0.4) is 0 Å². The summed E-state index contributed by atoms with van der Waals surface area (Å²) in [4.78, 5) is 17.0. The summed E-state index contributed by atoms with van der Waals surface area (Å²) in [6, 6.07) is 12.5.